The molecule has 1 heterocycles. The third kappa shape index (κ3) is 2.50. The number of hydrogen-bond donors (Lipinski definition) is 1. The van der Waals surface area contributed by atoms with Gasteiger partial charge in [0.2, 0.25) is 5.91 Å². The van der Waals surface area contributed by atoms with Crippen molar-refractivity contribution in [1.82, 2.24) is 9.78 Å². The summed E-state index contributed by atoms with van der Waals surface area (Å²) in [5.74, 6) is -0.105. The predicted molar refractivity (Wildman–Crippen MR) is 42.4 cm³/mol. The second-order valence-corrected chi connectivity index (χ2v) is 2.36. The van der Waals surface area contributed by atoms with Crippen molar-refractivity contribution in [2.75, 3.05) is 5.32 Å². The van der Waals surface area contributed by atoms with Crippen LogP contribution in [0.2, 0.25) is 0 Å². The van der Waals surface area contributed by atoms with Crippen LogP contribution in [0.3, 0.4) is 0 Å². The van der Waals surface area contributed by atoms with Crippen LogP contribution >= 0.6 is 0 Å². The largest absolute Gasteiger partial charge is 0.333 e. The smallest absolute Gasteiger partial charge is 0.309 e. The average Bonchev–Trinajstić information content (AvgIpc) is 2.52. The van der Waals surface area contributed by atoms with Crippen molar-refractivity contribution in [2.45, 2.75) is 19.9 Å². The second kappa shape index (κ2) is 3.97. The van der Waals surface area contributed by atoms with Crippen LogP contribution in [-0.2, 0) is 4.79 Å². The molecule has 0 aliphatic carbocycles. The normalized spacial score (nSPS) is 10.5. The molecule has 0 spiro atoms. The van der Waals surface area contributed by atoms with Gasteiger partial charge in [-0.15, -0.1) is 0 Å². The molecule has 1 aromatic heterocycles. The second-order valence-electron chi connectivity index (χ2n) is 2.36. The van der Waals surface area contributed by atoms with E-state index in [1.54, 1.807) is 6.92 Å². The molecule has 0 saturated heterocycles. The SMILES string of the molecule is CCC(=O)Nc1ccn(C(F)F)n1. The third-order valence-electron chi connectivity index (χ3n) is 1.40. The molecule has 0 radical (unpaired) electrons. The Bertz CT molecular complexity index is 298. The number of carbonyl (C=O) groups is 1. The lowest BCUT2D eigenvalue weighted by atomic mass is 10.4. The minimum atomic E-state index is -2.67. The van der Waals surface area contributed by atoms with Gasteiger partial charge in [0, 0.05) is 18.7 Å². The van der Waals surface area contributed by atoms with Crippen molar-refractivity contribution in [1.29, 1.82) is 0 Å². The molecule has 1 N–H and O–H groups in total. The zero-order chi connectivity index (χ0) is 9.84. The summed E-state index contributed by atoms with van der Waals surface area (Å²) in [5, 5.41) is 5.80. The molecule has 6 heteroatoms. The molecular formula is C7H9F2N3O. The van der Waals surface area contributed by atoms with Gasteiger partial charge in [-0.1, -0.05) is 6.92 Å². The van der Waals surface area contributed by atoms with Crippen LogP contribution in [0.5, 0.6) is 0 Å². The van der Waals surface area contributed by atoms with E-state index in [-0.39, 0.29) is 11.7 Å². The van der Waals surface area contributed by atoms with Crippen LogP contribution < -0.4 is 5.32 Å². The van der Waals surface area contributed by atoms with E-state index >= 15 is 0 Å². The first-order valence-corrected chi connectivity index (χ1v) is 3.76. The number of nitrogens with one attached hydrogen (secondary N) is 1. The Morgan fingerprint density at radius 2 is 2.46 bits per heavy atom. The van der Waals surface area contributed by atoms with E-state index < -0.39 is 6.55 Å². The number of aromatic nitrogens is 2. The molecule has 1 aromatic rings. The Kier molecular flexibility index (Phi) is 2.94. The Morgan fingerprint density at radius 3 is 2.92 bits per heavy atom. The fourth-order valence-corrected chi connectivity index (χ4v) is 0.745. The first-order valence-electron chi connectivity index (χ1n) is 3.76. The van der Waals surface area contributed by atoms with Crippen LogP contribution in [0.4, 0.5) is 14.6 Å². The minimum absolute atomic E-state index is 0.146. The van der Waals surface area contributed by atoms with Crippen LogP contribution in [0, 0.1) is 0 Å². The molecule has 0 unspecified atom stereocenters. The van der Waals surface area contributed by atoms with Crippen LogP contribution in [0.15, 0.2) is 12.3 Å². The lowest BCUT2D eigenvalue weighted by Gasteiger charge is -1.98. The molecule has 0 aliphatic rings. The van der Waals surface area contributed by atoms with Gasteiger partial charge in [0.25, 0.3) is 0 Å². The van der Waals surface area contributed by atoms with Crippen molar-refractivity contribution in [2.24, 2.45) is 0 Å². The van der Waals surface area contributed by atoms with Crippen molar-refractivity contribution in [3.05, 3.63) is 12.3 Å². The van der Waals surface area contributed by atoms with Gasteiger partial charge in [0.15, 0.2) is 5.82 Å². The molecule has 13 heavy (non-hydrogen) atoms. The summed E-state index contributed by atoms with van der Waals surface area (Å²) >= 11 is 0. The van der Waals surface area contributed by atoms with E-state index in [1.165, 1.54) is 6.07 Å². The summed E-state index contributed by atoms with van der Waals surface area (Å²) < 4.78 is 24.5. The summed E-state index contributed by atoms with van der Waals surface area (Å²) in [6.45, 7) is -1.01. The third-order valence-corrected chi connectivity index (χ3v) is 1.40. The summed E-state index contributed by atoms with van der Waals surface area (Å²) in [6, 6.07) is 1.32. The van der Waals surface area contributed by atoms with E-state index in [1.807, 2.05) is 0 Å². The van der Waals surface area contributed by atoms with Crippen LogP contribution in [0.1, 0.15) is 19.9 Å². The summed E-state index contributed by atoms with van der Waals surface area (Å²) in [4.78, 5) is 10.8. The fraction of sp³-hybridized carbons (Fsp3) is 0.429. The van der Waals surface area contributed by atoms with Crippen LogP contribution in [-0.4, -0.2) is 15.7 Å². The maximum atomic E-state index is 12.0. The molecule has 72 valence electrons. The zero-order valence-corrected chi connectivity index (χ0v) is 7.00. The predicted octanol–water partition coefficient (Wildman–Crippen LogP) is 1.63. The first kappa shape index (κ1) is 9.63. The standard InChI is InChI=1S/C7H9F2N3O/c1-2-6(13)10-5-3-4-12(11-5)7(8)9/h3-4,7H,2H2,1H3,(H,10,11,13). The van der Waals surface area contributed by atoms with Gasteiger partial charge in [-0.25, -0.2) is 4.68 Å². The highest BCUT2D eigenvalue weighted by atomic mass is 19.3. The van der Waals surface area contributed by atoms with E-state index in [4.69, 9.17) is 0 Å². The van der Waals surface area contributed by atoms with E-state index in [9.17, 15) is 13.6 Å². The van der Waals surface area contributed by atoms with Crippen molar-refractivity contribution in [3.8, 4) is 0 Å². The number of amides is 1. The Hall–Kier alpha value is -1.46. The number of rotatable bonds is 3. The molecule has 4 nitrogen and oxygen atoms in total. The maximum absolute atomic E-state index is 12.0. The van der Waals surface area contributed by atoms with Gasteiger partial charge in [-0.05, 0) is 0 Å². The molecule has 0 saturated carbocycles. The Labute approximate surface area is 73.5 Å². The number of alkyl halides is 2. The number of nitrogens with zero attached hydrogens (tertiary/aromatic N) is 2. The van der Waals surface area contributed by atoms with Gasteiger partial charge in [-0.3, -0.25) is 4.79 Å². The van der Waals surface area contributed by atoms with Crippen molar-refractivity contribution >= 4 is 11.7 Å². The minimum Gasteiger partial charge on any atom is -0.309 e. The lowest BCUT2D eigenvalue weighted by Crippen LogP contribution is -2.10. The molecule has 1 rings (SSSR count). The van der Waals surface area contributed by atoms with Gasteiger partial charge in [0.05, 0.1) is 0 Å². The van der Waals surface area contributed by atoms with Gasteiger partial charge >= 0.3 is 6.55 Å². The summed E-state index contributed by atoms with van der Waals surface area (Å²) in [7, 11) is 0. The number of anilines is 1. The summed E-state index contributed by atoms with van der Waals surface area (Å²) in [6.07, 6.45) is 1.40. The molecule has 1 amide bonds. The molecule has 0 aromatic carbocycles. The van der Waals surface area contributed by atoms with Crippen molar-refractivity contribution < 1.29 is 13.6 Å². The quantitative estimate of drug-likeness (QED) is 0.785. The highest BCUT2D eigenvalue weighted by molar-refractivity contribution is 5.89. The van der Waals surface area contributed by atoms with E-state index in [0.29, 0.717) is 11.1 Å². The Morgan fingerprint density at radius 1 is 1.77 bits per heavy atom. The lowest BCUT2D eigenvalue weighted by molar-refractivity contribution is -0.115. The molecular weight excluding hydrogens is 180 g/mol. The zero-order valence-electron chi connectivity index (χ0n) is 7.00. The van der Waals surface area contributed by atoms with Gasteiger partial charge in [0.1, 0.15) is 0 Å². The maximum Gasteiger partial charge on any atom is 0.333 e. The fourth-order valence-electron chi connectivity index (χ4n) is 0.745. The van der Waals surface area contributed by atoms with E-state index in [2.05, 4.69) is 10.4 Å². The van der Waals surface area contributed by atoms with Crippen LogP contribution in [0.25, 0.3) is 0 Å². The number of hydrogen-bond acceptors (Lipinski definition) is 2. The van der Waals surface area contributed by atoms with Gasteiger partial charge < -0.3 is 5.32 Å². The summed E-state index contributed by atoms with van der Waals surface area (Å²) in [5.41, 5.74) is 0. The molecule has 0 bridgehead atoms. The van der Waals surface area contributed by atoms with Gasteiger partial charge in [-0.2, -0.15) is 13.9 Å². The number of halogens is 2. The number of carbonyl (C=O) groups excluding carboxylic acids is 1. The monoisotopic (exact) mass is 189 g/mol. The molecule has 0 atom stereocenters. The first-order chi connectivity index (χ1) is 6.13. The van der Waals surface area contributed by atoms with E-state index in [0.717, 1.165) is 6.20 Å². The average molecular weight is 189 g/mol. The molecule has 0 fully saturated rings. The highest BCUT2D eigenvalue weighted by Gasteiger charge is 2.08. The Balaban J connectivity index is 2.64. The molecule has 0 aliphatic heterocycles. The van der Waals surface area contributed by atoms with Crippen molar-refractivity contribution in [3.63, 3.8) is 0 Å². The highest BCUT2D eigenvalue weighted by Crippen LogP contribution is 2.11. The topological polar surface area (TPSA) is 46.9 Å².